The molecule has 0 radical (unpaired) electrons. The quantitative estimate of drug-likeness (QED) is 0.574. The summed E-state index contributed by atoms with van der Waals surface area (Å²) in [5, 5.41) is 5.14. The van der Waals surface area contributed by atoms with Crippen molar-refractivity contribution in [3.8, 4) is 11.5 Å². The third-order valence-corrected chi connectivity index (χ3v) is 8.06. The van der Waals surface area contributed by atoms with E-state index in [1.54, 1.807) is 49.6 Å². The highest BCUT2D eigenvalue weighted by Crippen LogP contribution is 2.46. The van der Waals surface area contributed by atoms with Crippen LogP contribution in [0.15, 0.2) is 29.6 Å². The Hall–Kier alpha value is -2.58. The van der Waals surface area contributed by atoms with E-state index in [9.17, 15) is 9.59 Å². The maximum Gasteiger partial charge on any atom is 0.254 e. The number of nitrogens with one attached hydrogen (secondary N) is 1. The lowest BCUT2D eigenvalue weighted by molar-refractivity contribution is -0.124. The fraction of sp³-hybridized carbons (Fsp3) is 0.538. The number of amides is 2. The predicted molar refractivity (Wildman–Crippen MR) is 134 cm³/mol. The van der Waals surface area contributed by atoms with Crippen molar-refractivity contribution in [1.82, 2.24) is 15.1 Å². The summed E-state index contributed by atoms with van der Waals surface area (Å²) in [4.78, 5) is 32.1. The van der Waals surface area contributed by atoms with E-state index in [4.69, 9.17) is 9.47 Å². The number of fused-ring (bicyclic) bond motifs is 1. The van der Waals surface area contributed by atoms with E-state index in [1.165, 1.54) is 12.8 Å². The van der Waals surface area contributed by atoms with Crippen molar-refractivity contribution in [2.75, 3.05) is 47.4 Å². The standard InChI is InChI=1S/C26H35N3O4S/c1-17-8-12-29(13-9-17)11-6-10-27-25(30)23-18-15-20(32-3)21(33-4)16-19(18)26(31)28(2)24(23)22-7-5-14-34-22/h5,7,14-17,23-24H,6,8-13H2,1-4H3,(H,27,30)/t23-,24-/m0/s1. The molecule has 184 valence electrons. The highest BCUT2D eigenvalue weighted by molar-refractivity contribution is 7.10. The normalized spacial score (nSPS) is 21.3. The van der Waals surface area contributed by atoms with Crippen LogP contribution in [-0.2, 0) is 4.79 Å². The second kappa shape index (κ2) is 10.8. The van der Waals surface area contributed by atoms with Crippen LogP contribution in [0.1, 0.15) is 58.9 Å². The van der Waals surface area contributed by atoms with Gasteiger partial charge in [0.05, 0.1) is 26.2 Å². The minimum absolute atomic E-state index is 0.0708. The van der Waals surface area contributed by atoms with Crippen molar-refractivity contribution in [2.24, 2.45) is 5.92 Å². The maximum atomic E-state index is 13.6. The zero-order valence-corrected chi connectivity index (χ0v) is 21.3. The second-order valence-electron chi connectivity index (χ2n) is 9.32. The molecule has 3 heterocycles. The first-order valence-electron chi connectivity index (χ1n) is 12.0. The van der Waals surface area contributed by atoms with Crippen LogP contribution in [0.2, 0.25) is 0 Å². The summed E-state index contributed by atoms with van der Waals surface area (Å²) >= 11 is 1.56. The molecule has 0 saturated carbocycles. The first kappa shape index (κ1) is 24.5. The third kappa shape index (κ3) is 4.93. The zero-order chi connectivity index (χ0) is 24.2. The molecule has 34 heavy (non-hydrogen) atoms. The van der Waals surface area contributed by atoms with E-state index in [2.05, 4.69) is 17.1 Å². The molecule has 0 bridgehead atoms. The SMILES string of the molecule is COc1cc2c(cc1OC)[C@H](C(=O)NCCCN1CCC(C)CC1)[C@H](c1cccs1)N(C)C2=O. The molecule has 1 fully saturated rings. The number of likely N-dealkylation sites (tertiary alicyclic amines) is 1. The molecule has 0 unspecified atom stereocenters. The van der Waals surface area contributed by atoms with Crippen molar-refractivity contribution >= 4 is 23.2 Å². The van der Waals surface area contributed by atoms with E-state index < -0.39 is 5.92 Å². The van der Waals surface area contributed by atoms with Gasteiger partial charge in [-0.1, -0.05) is 13.0 Å². The molecule has 0 aliphatic carbocycles. The molecule has 7 nitrogen and oxygen atoms in total. The third-order valence-electron chi connectivity index (χ3n) is 7.12. The van der Waals surface area contributed by atoms with E-state index in [1.807, 2.05) is 17.5 Å². The van der Waals surface area contributed by atoms with E-state index in [0.29, 0.717) is 29.2 Å². The summed E-state index contributed by atoms with van der Waals surface area (Å²) in [6.45, 7) is 6.20. The van der Waals surface area contributed by atoms with Crippen molar-refractivity contribution in [3.05, 3.63) is 45.6 Å². The maximum absolute atomic E-state index is 13.6. The number of ether oxygens (including phenoxy) is 2. The smallest absolute Gasteiger partial charge is 0.254 e. The van der Waals surface area contributed by atoms with Crippen LogP contribution >= 0.6 is 11.3 Å². The van der Waals surface area contributed by atoms with Gasteiger partial charge >= 0.3 is 0 Å². The number of hydrogen-bond acceptors (Lipinski definition) is 6. The van der Waals surface area contributed by atoms with Gasteiger partial charge in [0.25, 0.3) is 5.91 Å². The van der Waals surface area contributed by atoms with Gasteiger partial charge in [-0.15, -0.1) is 11.3 Å². The Bertz CT molecular complexity index is 1000. The Morgan fingerprint density at radius 1 is 1.18 bits per heavy atom. The predicted octanol–water partition coefficient (Wildman–Crippen LogP) is 3.91. The number of methoxy groups -OCH3 is 2. The number of nitrogens with zero attached hydrogens (tertiary/aromatic N) is 2. The minimum atomic E-state index is -0.535. The number of hydrogen-bond donors (Lipinski definition) is 1. The first-order chi connectivity index (χ1) is 16.4. The number of likely N-dealkylation sites (N-methyl/N-ethyl adjacent to an activating group) is 1. The van der Waals surface area contributed by atoms with Gasteiger partial charge in [0.15, 0.2) is 11.5 Å². The summed E-state index contributed by atoms with van der Waals surface area (Å²) in [5.41, 5.74) is 1.16. The van der Waals surface area contributed by atoms with Gasteiger partial charge in [-0.3, -0.25) is 9.59 Å². The average molecular weight is 486 g/mol. The molecule has 0 spiro atoms. The van der Waals surface area contributed by atoms with Crippen molar-refractivity contribution in [2.45, 2.75) is 38.1 Å². The number of rotatable bonds is 8. The van der Waals surface area contributed by atoms with Crippen molar-refractivity contribution in [3.63, 3.8) is 0 Å². The van der Waals surface area contributed by atoms with Crippen molar-refractivity contribution in [1.29, 1.82) is 0 Å². The lowest BCUT2D eigenvalue weighted by atomic mass is 9.81. The Morgan fingerprint density at radius 3 is 2.53 bits per heavy atom. The Labute approximate surface area is 206 Å². The van der Waals surface area contributed by atoms with Gasteiger partial charge < -0.3 is 24.6 Å². The molecule has 1 aromatic heterocycles. The van der Waals surface area contributed by atoms with Crippen LogP contribution in [0, 0.1) is 5.92 Å². The number of carbonyl (C=O) groups excluding carboxylic acids is 2. The van der Waals surface area contributed by atoms with Gasteiger partial charge in [-0.25, -0.2) is 0 Å². The average Bonchev–Trinajstić information content (AvgIpc) is 3.38. The molecule has 2 aliphatic rings. The summed E-state index contributed by atoms with van der Waals surface area (Å²) in [6, 6.07) is 7.05. The minimum Gasteiger partial charge on any atom is -0.493 e. The van der Waals surface area contributed by atoms with Crippen LogP contribution in [0.25, 0.3) is 0 Å². The lowest BCUT2D eigenvalue weighted by Gasteiger charge is -2.39. The van der Waals surface area contributed by atoms with E-state index in [-0.39, 0.29) is 17.9 Å². The number of piperidine rings is 1. The molecule has 1 N–H and O–H groups in total. The monoisotopic (exact) mass is 485 g/mol. The van der Waals surface area contributed by atoms with Crippen LogP contribution in [0.4, 0.5) is 0 Å². The highest BCUT2D eigenvalue weighted by atomic mass is 32.1. The summed E-state index contributed by atoms with van der Waals surface area (Å²) in [6.07, 6.45) is 3.41. The van der Waals surface area contributed by atoms with Gasteiger partial charge in [0.2, 0.25) is 5.91 Å². The van der Waals surface area contributed by atoms with Crippen molar-refractivity contribution < 1.29 is 19.1 Å². The van der Waals surface area contributed by atoms with Crippen LogP contribution in [0.3, 0.4) is 0 Å². The molecule has 2 atom stereocenters. The Kier molecular flexibility index (Phi) is 7.78. The summed E-state index contributed by atoms with van der Waals surface area (Å²) in [7, 11) is 4.88. The van der Waals surface area contributed by atoms with Gasteiger partial charge in [0, 0.05) is 24.0 Å². The molecule has 2 aliphatic heterocycles. The molecule has 1 aromatic carbocycles. The van der Waals surface area contributed by atoms with Crippen LogP contribution in [-0.4, -0.2) is 69.1 Å². The molecule has 4 rings (SSSR count). The van der Waals surface area contributed by atoms with Crippen LogP contribution < -0.4 is 14.8 Å². The second-order valence-corrected chi connectivity index (χ2v) is 10.3. The first-order valence-corrected chi connectivity index (χ1v) is 12.9. The van der Waals surface area contributed by atoms with Gasteiger partial charge in [-0.2, -0.15) is 0 Å². The van der Waals surface area contributed by atoms with E-state index in [0.717, 1.165) is 36.9 Å². The highest BCUT2D eigenvalue weighted by Gasteiger charge is 2.44. The fourth-order valence-corrected chi connectivity index (χ4v) is 5.96. The molecule has 2 amide bonds. The lowest BCUT2D eigenvalue weighted by Crippen LogP contribution is -2.45. The Morgan fingerprint density at radius 2 is 1.88 bits per heavy atom. The fourth-order valence-electron chi connectivity index (χ4n) is 5.06. The molecule has 1 saturated heterocycles. The molecular formula is C26H35N3O4S. The summed E-state index contributed by atoms with van der Waals surface area (Å²) in [5.74, 6) is 1.07. The largest absolute Gasteiger partial charge is 0.493 e. The molecule has 2 aromatic rings. The van der Waals surface area contributed by atoms with Gasteiger partial charge in [0.1, 0.15) is 0 Å². The molecular weight excluding hydrogens is 450 g/mol. The number of thiophene rings is 1. The topological polar surface area (TPSA) is 71.1 Å². The van der Waals surface area contributed by atoms with Crippen LogP contribution in [0.5, 0.6) is 11.5 Å². The molecule has 8 heteroatoms. The van der Waals surface area contributed by atoms with E-state index >= 15 is 0 Å². The van der Waals surface area contributed by atoms with Gasteiger partial charge in [-0.05, 0) is 74.0 Å². The number of benzene rings is 1. The summed E-state index contributed by atoms with van der Waals surface area (Å²) < 4.78 is 10.9. The Balaban J connectivity index is 1.56. The number of carbonyl (C=O) groups is 2. The zero-order valence-electron chi connectivity index (χ0n) is 20.5.